The maximum absolute atomic E-state index is 12.4. The van der Waals surface area contributed by atoms with E-state index < -0.39 is 0 Å². The third-order valence-electron chi connectivity index (χ3n) is 3.35. The molecule has 0 aromatic heterocycles. The van der Waals surface area contributed by atoms with Crippen LogP contribution in [0.1, 0.15) is 12.8 Å². The Morgan fingerprint density at radius 2 is 2.29 bits per heavy atom. The van der Waals surface area contributed by atoms with E-state index in [-0.39, 0.29) is 11.9 Å². The van der Waals surface area contributed by atoms with Crippen LogP contribution in [0.15, 0.2) is 29.2 Å². The highest BCUT2D eigenvalue weighted by Gasteiger charge is 2.30. The maximum atomic E-state index is 12.4. The van der Waals surface area contributed by atoms with E-state index in [1.54, 1.807) is 0 Å². The number of carbonyl (C=O) groups is 1. The third-order valence-corrected chi connectivity index (χ3v) is 4.40. The molecule has 0 bridgehead atoms. The van der Waals surface area contributed by atoms with Crippen molar-refractivity contribution in [3.63, 3.8) is 0 Å². The molecule has 1 aromatic rings. The zero-order valence-electron chi connectivity index (χ0n) is 9.69. The second kappa shape index (κ2) is 4.70. The van der Waals surface area contributed by atoms with Crippen LogP contribution < -0.4 is 10.2 Å². The molecule has 1 atom stereocenters. The summed E-state index contributed by atoms with van der Waals surface area (Å²) in [7, 11) is 0. The Balaban J connectivity index is 1.86. The van der Waals surface area contributed by atoms with Gasteiger partial charge in [0.25, 0.3) is 0 Å². The first kappa shape index (κ1) is 11.1. The van der Waals surface area contributed by atoms with Gasteiger partial charge in [0.1, 0.15) is 0 Å². The molecule has 3 rings (SSSR count). The van der Waals surface area contributed by atoms with E-state index in [2.05, 4.69) is 11.4 Å². The lowest BCUT2D eigenvalue weighted by Crippen LogP contribution is -2.45. The topological polar surface area (TPSA) is 32.3 Å². The quantitative estimate of drug-likeness (QED) is 0.823. The number of para-hydroxylation sites is 1. The zero-order chi connectivity index (χ0) is 11.7. The van der Waals surface area contributed by atoms with E-state index >= 15 is 0 Å². The number of benzene rings is 1. The minimum absolute atomic E-state index is 0.0335. The predicted octanol–water partition coefficient (Wildman–Crippen LogP) is 1.88. The van der Waals surface area contributed by atoms with Crippen molar-refractivity contribution in [2.24, 2.45) is 0 Å². The molecular weight excluding hydrogens is 232 g/mol. The summed E-state index contributed by atoms with van der Waals surface area (Å²) >= 11 is 1.84. The molecule has 17 heavy (non-hydrogen) atoms. The fourth-order valence-corrected chi connectivity index (χ4v) is 3.48. The van der Waals surface area contributed by atoms with Crippen molar-refractivity contribution < 1.29 is 4.79 Å². The van der Waals surface area contributed by atoms with Gasteiger partial charge in [0.15, 0.2) is 0 Å². The van der Waals surface area contributed by atoms with E-state index in [1.165, 1.54) is 4.90 Å². The van der Waals surface area contributed by atoms with Crippen molar-refractivity contribution in [3.8, 4) is 0 Å². The van der Waals surface area contributed by atoms with Gasteiger partial charge in [-0.05, 0) is 31.5 Å². The average molecular weight is 248 g/mol. The second-order valence-electron chi connectivity index (χ2n) is 4.46. The van der Waals surface area contributed by atoms with Crippen molar-refractivity contribution in [2.75, 3.05) is 23.7 Å². The summed E-state index contributed by atoms with van der Waals surface area (Å²) in [6.07, 6.45) is 2.09. The lowest BCUT2D eigenvalue weighted by molar-refractivity contribution is -0.120. The number of anilines is 1. The van der Waals surface area contributed by atoms with Crippen LogP contribution in [-0.4, -0.2) is 30.8 Å². The van der Waals surface area contributed by atoms with Gasteiger partial charge >= 0.3 is 0 Å². The Bertz CT molecular complexity index is 429. The van der Waals surface area contributed by atoms with Crippen LogP contribution in [0.5, 0.6) is 0 Å². The Kier molecular flexibility index (Phi) is 3.07. The summed E-state index contributed by atoms with van der Waals surface area (Å²) in [4.78, 5) is 15.6. The molecule has 1 amide bonds. The fraction of sp³-hybridized carbons (Fsp3) is 0.462. The smallest absolute Gasteiger partial charge is 0.244 e. The van der Waals surface area contributed by atoms with Gasteiger partial charge in [-0.1, -0.05) is 12.1 Å². The van der Waals surface area contributed by atoms with Gasteiger partial charge in [0, 0.05) is 17.2 Å². The first-order valence-corrected chi connectivity index (χ1v) is 7.11. The van der Waals surface area contributed by atoms with E-state index in [9.17, 15) is 4.79 Å². The summed E-state index contributed by atoms with van der Waals surface area (Å²) in [5.74, 6) is 1.24. The molecule has 3 nitrogen and oxygen atoms in total. The van der Waals surface area contributed by atoms with Crippen molar-refractivity contribution in [1.29, 1.82) is 0 Å². The van der Waals surface area contributed by atoms with Crippen molar-refractivity contribution in [1.82, 2.24) is 5.32 Å². The molecule has 0 aliphatic carbocycles. The summed E-state index contributed by atoms with van der Waals surface area (Å²) in [5.41, 5.74) is 1.09. The molecule has 2 heterocycles. The van der Waals surface area contributed by atoms with E-state index in [0.29, 0.717) is 0 Å². The molecule has 4 heteroatoms. The maximum Gasteiger partial charge on any atom is 0.244 e. The minimum Gasteiger partial charge on any atom is -0.309 e. The lowest BCUT2D eigenvalue weighted by Gasteiger charge is -2.30. The molecule has 2 aliphatic rings. The molecule has 0 unspecified atom stereocenters. The van der Waals surface area contributed by atoms with Crippen molar-refractivity contribution in [2.45, 2.75) is 23.8 Å². The number of hydrogen-bond donors (Lipinski definition) is 1. The number of rotatable bonds is 1. The summed E-state index contributed by atoms with van der Waals surface area (Å²) < 4.78 is 0. The lowest BCUT2D eigenvalue weighted by atomic mass is 10.2. The monoisotopic (exact) mass is 248 g/mol. The van der Waals surface area contributed by atoms with Gasteiger partial charge in [-0.15, -0.1) is 11.8 Å². The van der Waals surface area contributed by atoms with Crippen LogP contribution >= 0.6 is 11.8 Å². The van der Waals surface area contributed by atoms with E-state index in [4.69, 9.17) is 0 Å². The second-order valence-corrected chi connectivity index (χ2v) is 5.59. The standard InChI is InChI=1S/C13H16N2OS/c16-13(10-4-3-7-14-10)15-8-9-17-12-6-2-1-5-11(12)15/h1-2,5-6,10,14H,3-4,7-9H2/t10-/m1/s1. The number of carbonyl (C=O) groups excluding carboxylic acids is 1. The minimum atomic E-state index is 0.0335. The van der Waals surface area contributed by atoms with Crippen LogP contribution in [0.25, 0.3) is 0 Å². The van der Waals surface area contributed by atoms with Crippen LogP contribution in [0.2, 0.25) is 0 Å². The van der Waals surface area contributed by atoms with Gasteiger partial charge in [-0.3, -0.25) is 4.79 Å². The third kappa shape index (κ3) is 2.07. The molecule has 90 valence electrons. The normalized spacial score (nSPS) is 23.5. The van der Waals surface area contributed by atoms with E-state index in [0.717, 1.165) is 37.4 Å². The Morgan fingerprint density at radius 1 is 1.41 bits per heavy atom. The molecule has 1 aromatic carbocycles. The van der Waals surface area contributed by atoms with Crippen LogP contribution in [0.4, 0.5) is 5.69 Å². The number of nitrogens with zero attached hydrogens (tertiary/aromatic N) is 1. The number of amides is 1. The average Bonchev–Trinajstić information content (AvgIpc) is 2.91. The largest absolute Gasteiger partial charge is 0.309 e. The number of fused-ring (bicyclic) bond motifs is 1. The number of thioether (sulfide) groups is 1. The van der Waals surface area contributed by atoms with Gasteiger partial charge < -0.3 is 10.2 Å². The molecule has 1 fully saturated rings. The van der Waals surface area contributed by atoms with Crippen LogP contribution in [0.3, 0.4) is 0 Å². The zero-order valence-corrected chi connectivity index (χ0v) is 10.5. The SMILES string of the molecule is O=C([C@H]1CCCN1)N1CCSc2ccccc21. The van der Waals surface area contributed by atoms with Crippen LogP contribution in [0, 0.1) is 0 Å². The molecule has 1 saturated heterocycles. The summed E-state index contributed by atoms with van der Waals surface area (Å²) in [6.45, 7) is 1.80. The van der Waals surface area contributed by atoms with Gasteiger partial charge in [-0.2, -0.15) is 0 Å². The molecule has 2 aliphatic heterocycles. The fourth-order valence-electron chi connectivity index (χ4n) is 2.48. The van der Waals surface area contributed by atoms with Gasteiger partial charge in [0.05, 0.1) is 11.7 Å². The molecule has 0 saturated carbocycles. The van der Waals surface area contributed by atoms with Crippen molar-refractivity contribution >= 4 is 23.4 Å². The highest BCUT2D eigenvalue weighted by molar-refractivity contribution is 7.99. The van der Waals surface area contributed by atoms with E-state index in [1.807, 2.05) is 34.9 Å². The first-order valence-electron chi connectivity index (χ1n) is 6.13. The predicted molar refractivity (Wildman–Crippen MR) is 70.5 cm³/mol. The summed E-state index contributed by atoms with van der Waals surface area (Å²) in [6, 6.07) is 8.22. The Morgan fingerprint density at radius 3 is 3.12 bits per heavy atom. The molecular formula is C13H16N2OS. The van der Waals surface area contributed by atoms with Gasteiger partial charge in [-0.25, -0.2) is 0 Å². The highest BCUT2D eigenvalue weighted by Crippen LogP contribution is 2.34. The number of hydrogen-bond acceptors (Lipinski definition) is 3. The molecule has 0 spiro atoms. The summed E-state index contributed by atoms with van der Waals surface area (Å²) in [5, 5.41) is 3.29. The van der Waals surface area contributed by atoms with Crippen LogP contribution in [-0.2, 0) is 4.79 Å². The molecule has 1 N–H and O–H groups in total. The van der Waals surface area contributed by atoms with Crippen molar-refractivity contribution in [3.05, 3.63) is 24.3 Å². The van der Waals surface area contributed by atoms with Gasteiger partial charge in [0.2, 0.25) is 5.91 Å². The molecule has 0 radical (unpaired) electrons. The number of nitrogens with one attached hydrogen (secondary N) is 1. The highest BCUT2D eigenvalue weighted by atomic mass is 32.2. The first-order chi connectivity index (χ1) is 8.36. The Labute approximate surface area is 106 Å². The Hall–Kier alpha value is -1.00.